The second kappa shape index (κ2) is 8.75. The first-order chi connectivity index (χ1) is 16.1. The lowest BCUT2D eigenvalue weighted by Gasteiger charge is -2.16. The van der Waals surface area contributed by atoms with Crippen molar-refractivity contribution in [3.63, 3.8) is 0 Å². The van der Waals surface area contributed by atoms with Crippen molar-refractivity contribution in [1.29, 1.82) is 0 Å². The van der Waals surface area contributed by atoms with Gasteiger partial charge in [0, 0.05) is 34.7 Å². The van der Waals surface area contributed by atoms with Crippen molar-refractivity contribution in [2.75, 3.05) is 11.1 Å². The Hall–Kier alpha value is -4.18. The third kappa shape index (κ3) is 4.15. The number of nitro benzene ring substituents is 1. The van der Waals surface area contributed by atoms with Crippen molar-refractivity contribution < 1.29 is 14.1 Å². The molecule has 5 rings (SSSR count). The van der Waals surface area contributed by atoms with E-state index in [4.69, 9.17) is 9.15 Å². The fourth-order valence-corrected chi connectivity index (χ4v) is 3.88. The number of aromatic nitrogens is 3. The molecule has 1 aliphatic heterocycles. The van der Waals surface area contributed by atoms with E-state index in [9.17, 15) is 10.1 Å². The highest BCUT2D eigenvalue weighted by Gasteiger charge is 2.28. The van der Waals surface area contributed by atoms with Gasteiger partial charge in [-0.3, -0.25) is 10.1 Å². The predicted molar refractivity (Wildman–Crippen MR) is 124 cm³/mol. The topological polar surface area (TPSA) is 116 Å². The van der Waals surface area contributed by atoms with Gasteiger partial charge in [0.1, 0.15) is 5.76 Å². The highest BCUT2D eigenvalue weighted by atomic mass is 32.2. The molecule has 0 radical (unpaired) electrons. The smallest absolute Gasteiger partial charge is 0.269 e. The van der Waals surface area contributed by atoms with E-state index in [0.29, 0.717) is 39.6 Å². The number of rotatable bonds is 6. The highest BCUT2D eigenvalue weighted by Crippen LogP contribution is 2.40. The maximum Gasteiger partial charge on any atom is 0.269 e. The molecule has 4 aromatic rings. The minimum Gasteiger partial charge on any atom is -0.455 e. The van der Waals surface area contributed by atoms with Crippen molar-refractivity contribution in [2.45, 2.75) is 11.4 Å². The number of para-hydroxylation sites is 1. The van der Waals surface area contributed by atoms with Gasteiger partial charge in [-0.1, -0.05) is 36.0 Å². The monoisotopic (exact) mass is 459 g/mol. The quantitative estimate of drug-likeness (QED) is 0.173. The van der Waals surface area contributed by atoms with Crippen LogP contribution in [-0.4, -0.2) is 25.9 Å². The summed E-state index contributed by atoms with van der Waals surface area (Å²) in [4.78, 5) is 15.0. The van der Waals surface area contributed by atoms with E-state index >= 15 is 0 Å². The Kier molecular flexibility index (Phi) is 5.49. The van der Waals surface area contributed by atoms with Crippen molar-refractivity contribution >= 4 is 23.1 Å². The normalized spacial score (nSPS) is 14.2. The molecular formula is C23H17N5O4S. The van der Waals surface area contributed by atoms with Gasteiger partial charge in [-0.25, -0.2) is 0 Å². The number of benzene rings is 2. The molecule has 164 valence electrons. The van der Waals surface area contributed by atoms with E-state index in [-0.39, 0.29) is 5.69 Å². The van der Waals surface area contributed by atoms with E-state index in [0.717, 1.165) is 11.3 Å². The summed E-state index contributed by atoms with van der Waals surface area (Å²) >= 11 is 1.41. The molecule has 2 aromatic carbocycles. The molecule has 3 heterocycles. The van der Waals surface area contributed by atoms with Gasteiger partial charge in [0.25, 0.3) is 5.69 Å². The van der Waals surface area contributed by atoms with Crippen molar-refractivity contribution in [2.24, 2.45) is 0 Å². The standard InChI is InChI=1S/C23H17N5O4S/c1-2-13-33-23-25-22-20(26-27-23)16-5-3-4-6-17(16)24-21(32-22)19-12-11-18(31-19)14-7-9-15(10-8-14)28(29)30/h2-12,21,24H,1,13H2/t21-/m1/s1. The maximum absolute atomic E-state index is 10.9. The number of anilines is 1. The minimum atomic E-state index is -0.673. The second-order valence-corrected chi connectivity index (χ2v) is 8.03. The number of thioether (sulfide) groups is 1. The number of nitrogens with one attached hydrogen (secondary N) is 1. The molecule has 0 amide bonds. The SMILES string of the molecule is C=CCSc1nnc2c(n1)O[C@H](c1ccc(-c3ccc([N+](=O)[O-])cc3)o1)Nc1ccccc1-2. The van der Waals surface area contributed by atoms with Gasteiger partial charge in [0.15, 0.2) is 11.5 Å². The second-order valence-electron chi connectivity index (χ2n) is 7.04. The molecule has 0 bridgehead atoms. The Bertz CT molecular complexity index is 1340. The van der Waals surface area contributed by atoms with Crippen LogP contribution in [0.3, 0.4) is 0 Å². The number of fused-ring (bicyclic) bond motifs is 3. The number of furan rings is 1. The van der Waals surface area contributed by atoms with Crippen LogP contribution in [0.25, 0.3) is 22.6 Å². The summed E-state index contributed by atoms with van der Waals surface area (Å²) in [6, 6.07) is 17.4. The molecule has 1 aliphatic rings. The van der Waals surface area contributed by atoms with Crippen LogP contribution in [0.5, 0.6) is 5.88 Å². The molecule has 2 aromatic heterocycles. The number of nitrogens with zero attached hydrogens (tertiary/aromatic N) is 4. The Morgan fingerprint density at radius 3 is 2.73 bits per heavy atom. The lowest BCUT2D eigenvalue weighted by Crippen LogP contribution is -2.16. The van der Waals surface area contributed by atoms with Gasteiger partial charge < -0.3 is 14.5 Å². The van der Waals surface area contributed by atoms with Gasteiger partial charge >= 0.3 is 0 Å². The van der Waals surface area contributed by atoms with Crippen LogP contribution >= 0.6 is 11.8 Å². The Morgan fingerprint density at radius 1 is 1.12 bits per heavy atom. The largest absolute Gasteiger partial charge is 0.455 e. The molecule has 9 nitrogen and oxygen atoms in total. The Morgan fingerprint density at radius 2 is 1.94 bits per heavy atom. The van der Waals surface area contributed by atoms with Crippen LogP contribution in [0, 0.1) is 10.1 Å². The molecule has 0 spiro atoms. The lowest BCUT2D eigenvalue weighted by molar-refractivity contribution is -0.384. The fourth-order valence-electron chi connectivity index (χ4n) is 3.37. The van der Waals surface area contributed by atoms with E-state index in [1.165, 1.54) is 23.9 Å². The summed E-state index contributed by atoms with van der Waals surface area (Å²) in [7, 11) is 0. The van der Waals surface area contributed by atoms with Gasteiger partial charge in [0.05, 0.1) is 4.92 Å². The summed E-state index contributed by atoms with van der Waals surface area (Å²) < 4.78 is 12.2. The first kappa shape index (κ1) is 20.7. The first-order valence-corrected chi connectivity index (χ1v) is 11.0. The van der Waals surface area contributed by atoms with Gasteiger partial charge in [-0.2, -0.15) is 4.98 Å². The van der Waals surface area contributed by atoms with E-state index in [1.807, 2.05) is 24.3 Å². The number of hydrogen-bond acceptors (Lipinski definition) is 9. The molecule has 10 heteroatoms. The zero-order valence-corrected chi connectivity index (χ0v) is 18.0. The average Bonchev–Trinajstić information content (AvgIpc) is 3.27. The number of nitro groups is 1. The predicted octanol–water partition coefficient (Wildman–Crippen LogP) is 5.49. The van der Waals surface area contributed by atoms with Crippen LogP contribution in [-0.2, 0) is 0 Å². The van der Waals surface area contributed by atoms with Crippen molar-refractivity contribution in [3.8, 4) is 28.5 Å². The van der Waals surface area contributed by atoms with Crippen LogP contribution in [0.1, 0.15) is 12.0 Å². The molecule has 0 saturated carbocycles. The van der Waals surface area contributed by atoms with E-state index in [2.05, 4.69) is 27.1 Å². The van der Waals surface area contributed by atoms with E-state index in [1.54, 1.807) is 30.3 Å². The summed E-state index contributed by atoms with van der Waals surface area (Å²) in [5.74, 6) is 2.07. The average molecular weight is 459 g/mol. The maximum atomic E-state index is 10.9. The molecule has 0 aliphatic carbocycles. The van der Waals surface area contributed by atoms with Gasteiger partial charge in [-0.05, 0) is 30.3 Å². The zero-order valence-electron chi connectivity index (χ0n) is 17.2. The van der Waals surface area contributed by atoms with Crippen molar-refractivity contribution in [3.05, 3.63) is 89.2 Å². The number of non-ortho nitro benzene ring substituents is 1. The summed E-state index contributed by atoms with van der Waals surface area (Å²) in [5.41, 5.74) is 2.89. The molecule has 1 atom stereocenters. The van der Waals surface area contributed by atoms with Crippen LogP contribution in [0.2, 0.25) is 0 Å². The molecular weight excluding hydrogens is 442 g/mol. The first-order valence-electron chi connectivity index (χ1n) is 9.98. The molecule has 1 N–H and O–H groups in total. The third-order valence-electron chi connectivity index (χ3n) is 4.91. The number of ether oxygens (including phenoxy) is 1. The number of hydrogen-bond donors (Lipinski definition) is 1. The highest BCUT2D eigenvalue weighted by molar-refractivity contribution is 7.99. The molecule has 0 saturated heterocycles. The van der Waals surface area contributed by atoms with Crippen LogP contribution < -0.4 is 10.1 Å². The van der Waals surface area contributed by atoms with E-state index < -0.39 is 11.2 Å². The summed E-state index contributed by atoms with van der Waals surface area (Å²) in [6.07, 6.45) is 1.09. The minimum absolute atomic E-state index is 0.0184. The van der Waals surface area contributed by atoms with Crippen LogP contribution in [0.4, 0.5) is 11.4 Å². The third-order valence-corrected chi connectivity index (χ3v) is 5.75. The Balaban J connectivity index is 1.50. The lowest BCUT2D eigenvalue weighted by atomic mass is 10.1. The molecule has 33 heavy (non-hydrogen) atoms. The molecule has 0 fully saturated rings. The Labute approximate surface area is 192 Å². The van der Waals surface area contributed by atoms with Gasteiger partial charge in [0.2, 0.25) is 17.3 Å². The molecule has 0 unspecified atom stereocenters. The van der Waals surface area contributed by atoms with Crippen molar-refractivity contribution in [1.82, 2.24) is 15.2 Å². The summed E-state index contributed by atoms with van der Waals surface area (Å²) in [5, 5.41) is 23.3. The fraction of sp³-hybridized carbons (Fsp3) is 0.0870. The zero-order chi connectivity index (χ0) is 22.8. The summed E-state index contributed by atoms with van der Waals surface area (Å²) in [6.45, 7) is 3.72. The van der Waals surface area contributed by atoms with Crippen LogP contribution in [0.15, 0.2) is 82.9 Å². The van der Waals surface area contributed by atoms with Gasteiger partial charge in [-0.15, -0.1) is 16.8 Å².